The van der Waals surface area contributed by atoms with E-state index in [1.807, 2.05) is 32.3 Å². The Morgan fingerprint density at radius 3 is 2.62 bits per heavy atom. The molecule has 11 heteroatoms. The maximum atomic E-state index is 13.1. The van der Waals surface area contributed by atoms with Crippen LogP contribution in [0.3, 0.4) is 0 Å². The van der Waals surface area contributed by atoms with Crippen LogP contribution in [0.25, 0.3) is 0 Å². The van der Waals surface area contributed by atoms with Crippen LogP contribution >= 0.6 is 34.4 Å². The van der Waals surface area contributed by atoms with Crippen LogP contribution in [0.4, 0.5) is 4.79 Å². The van der Waals surface area contributed by atoms with Crippen molar-refractivity contribution in [2.24, 2.45) is 11.8 Å². The molecule has 1 unspecified atom stereocenters. The maximum Gasteiger partial charge on any atom is 0.410 e. The van der Waals surface area contributed by atoms with Gasteiger partial charge in [-0.05, 0) is 48.1 Å². The van der Waals surface area contributed by atoms with Crippen LogP contribution in [0.5, 0.6) is 0 Å². The number of ether oxygens (including phenoxy) is 2. The van der Waals surface area contributed by atoms with Gasteiger partial charge in [-0.25, -0.2) is 9.59 Å². The lowest BCUT2D eigenvalue weighted by molar-refractivity contribution is -0.164. The Bertz CT molecular complexity index is 1120. The Hall–Kier alpha value is -2.25. The first kappa shape index (κ1) is 29.7. The molecular formula is C28H36IN3O6S. The third-order valence-electron chi connectivity index (χ3n) is 7.74. The minimum absolute atomic E-state index is 0.0295. The van der Waals surface area contributed by atoms with E-state index in [2.05, 4.69) is 46.7 Å². The summed E-state index contributed by atoms with van der Waals surface area (Å²) < 4.78 is 10.5. The van der Waals surface area contributed by atoms with Crippen LogP contribution in [0.15, 0.2) is 60.3 Å². The van der Waals surface area contributed by atoms with Gasteiger partial charge in [0.2, 0.25) is 5.91 Å². The van der Waals surface area contributed by atoms with Crippen LogP contribution in [0, 0.1) is 11.8 Å². The normalized spacial score (nSPS) is 32.2. The van der Waals surface area contributed by atoms with Gasteiger partial charge in [0.25, 0.3) is 0 Å². The first-order valence-electron chi connectivity index (χ1n) is 13.1. The van der Waals surface area contributed by atoms with Gasteiger partial charge in [0.05, 0.1) is 18.1 Å². The molecule has 0 spiro atoms. The lowest BCUT2D eigenvalue weighted by atomic mass is 9.79. The second-order valence-electron chi connectivity index (χ2n) is 10.3. The number of carbonyl (C=O) groups is 3. The number of aliphatic hydroxyl groups is 1. The fourth-order valence-electron chi connectivity index (χ4n) is 5.81. The van der Waals surface area contributed by atoms with Crippen molar-refractivity contribution in [1.29, 1.82) is 0 Å². The summed E-state index contributed by atoms with van der Waals surface area (Å²) in [4.78, 5) is 45.3. The van der Waals surface area contributed by atoms with Crippen molar-refractivity contribution in [3.05, 3.63) is 60.3 Å². The zero-order chi connectivity index (χ0) is 28.5. The van der Waals surface area contributed by atoms with Gasteiger partial charge < -0.3 is 29.3 Å². The molecule has 4 rings (SSSR count). The van der Waals surface area contributed by atoms with E-state index in [1.54, 1.807) is 17.9 Å². The highest BCUT2D eigenvalue weighted by Crippen LogP contribution is 2.53. The summed E-state index contributed by atoms with van der Waals surface area (Å²) in [5, 5.41) is 10.2. The lowest BCUT2D eigenvalue weighted by Crippen LogP contribution is -2.63. The first-order valence-corrected chi connectivity index (χ1v) is 15.0. The third-order valence-corrected chi connectivity index (χ3v) is 10.8. The van der Waals surface area contributed by atoms with Crippen molar-refractivity contribution in [1.82, 2.24) is 14.7 Å². The van der Waals surface area contributed by atoms with Gasteiger partial charge in [0.1, 0.15) is 22.5 Å². The molecule has 1 N–H and O–H groups in total. The van der Waals surface area contributed by atoms with E-state index in [1.165, 1.54) is 22.7 Å². The van der Waals surface area contributed by atoms with Crippen molar-refractivity contribution in [2.45, 2.75) is 53.7 Å². The molecule has 0 radical (unpaired) electrons. The standard InChI is InChI=1S/C28H36IN3O6S/c1-6-12-37-26(35)23-24(17(3)22-21(18(4)33)25(34)32(22)23)39-20-14-19(31(16-20)27(36)38-13-7-2)15-28(29)10-8-9-11-30(28)5/h6-11,17-22,33H,1-2,12-16H2,3-5H3/t17-,18-,19+,20+,21-,22-,28?/m1/s1. The molecule has 2 fully saturated rings. The average molecular weight is 670 g/mol. The molecule has 39 heavy (non-hydrogen) atoms. The lowest BCUT2D eigenvalue weighted by Gasteiger charge is -2.46. The Balaban J connectivity index is 1.60. The van der Waals surface area contributed by atoms with Crippen LogP contribution in [0.1, 0.15) is 26.7 Å². The molecule has 4 aliphatic rings. The Labute approximate surface area is 247 Å². The largest absolute Gasteiger partial charge is 0.457 e. The van der Waals surface area contributed by atoms with Gasteiger partial charge in [-0.2, -0.15) is 0 Å². The summed E-state index contributed by atoms with van der Waals surface area (Å²) in [5.74, 6) is -1.57. The fraction of sp³-hybridized carbons (Fsp3) is 0.536. The fourth-order valence-corrected chi connectivity index (χ4v) is 8.24. The van der Waals surface area contributed by atoms with Gasteiger partial charge in [-0.3, -0.25) is 4.79 Å². The van der Waals surface area contributed by atoms with E-state index in [-0.39, 0.29) is 51.6 Å². The van der Waals surface area contributed by atoms with Gasteiger partial charge >= 0.3 is 12.1 Å². The molecule has 9 nitrogen and oxygen atoms in total. The van der Waals surface area contributed by atoms with Crippen LogP contribution < -0.4 is 0 Å². The smallest absolute Gasteiger partial charge is 0.410 e. The Morgan fingerprint density at radius 1 is 1.28 bits per heavy atom. The molecule has 0 saturated carbocycles. The summed E-state index contributed by atoms with van der Waals surface area (Å²) in [7, 11) is 2.01. The number of hydrogen-bond acceptors (Lipinski definition) is 8. The predicted molar refractivity (Wildman–Crippen MR) is 159 cm³/mol. The minimum atomic E-state index is -0.823. The highest BCUT2D eigenvalue weighted by molar-refractivity contribution is 14.1. The van der Waals surface area contributed by atoms with Crippen LogP contribution in [-0.2, 0) is 19.1 Å². The highest BCUT2D eigenvalue weighted by Gasteiger charge is 2.60. The number of hydrogen-bond donors (Lipinski definition) is 1. The van der Waals surface area contributed by atoms with Gasteiger partial charge in [0.15, 0.2) is 0 Å². The summed E-state index contributed by atoms with van der Waals surface area (Å²) >= 11 is 3.94. The van der Waals surface area contributed by atoms with E-state index >= 15 is 0 Å². The summed E-state index contributed by atoms with van der Waals surface area (Å²) in [6.07, 6.45) is 11.3. The molecule has 2 saturated heterocycles. The topological polar surface area (TPSA) is 99.6 Å². The third kappa shape index (κ3) is 5.67. The van der Waals surface area contributed by atoms with Crippen LogP contribution in [0.2, 0.25) is 0 Å². The van der Waals surface area contributed by atoms with E-state index in [4.69, 9.17) is 9.47 Å². The number of allylic oxidation sites excluding steroid dienone is 2. The number of esters is 1. The van der Waals surface area contributed by atoms with Crippen molar-refractivity contribution in [3.8, 4) is 0 Å². The number of carbonyl (C=O) groups excluding carboxylic acids is 3. The van der Waals surface area contributed by atoms with Gasteiger partial charge in [0, 0.05) is 48.3 Å². The molecule has 0 aliphatic carbocycles. The molecule has 7 atom stereocenters. The van der Waals surface area contributed by atoms with E-state index in [9.17, 15) is 19.5 Å². The highest BCUT2D eigenvalue weighted by atomic mass is 127. The zero-order valence-corrected chi connectivity index (χ0v) is 25.5. The minimum Gasteiger partial charge on any atom is -0.457 e. The quantitative estimate of drug-likeness (QED) is 0.0937. The second kappa shape index (κ2) is 12.1. The van der Waals surface area contributed by atoms with Crippen LogP contribution in [-0.4, -0.2) is 91.6 Å². The number of fused-ring (bicyclic) bond motifs is 1. The summed E-state index contributed by atoms with van der Waals surface area (Å²) in [5.41, 5.74) is 0.246. The van der Waals surface area contributed by atoms with E-state index < -0.39 is 24.1 Å². The first-order chi connectivity index (χ1) is 18.5. The molecule has 212 valence electrons. The van der Waals surface area contributed by atoms with Crippen molar-refractivity contribution < 1.29 is 29.0 Å². The number of nitrogens with zero attached hydrogens (tertiary/aromatic N) is 3. The number of thioether (sulfide) groups is 1. The van der Waals surface area contributed by atoms with Gasteiger partial charge in [-0.1, -0.05) is 38.3 Å². The number of β-lactam (4-membered cyclic amide) rings is 1. The Morgan fingerprint density at radius 2 is 1.97 bits per heavy atom. The van der Waals surface area contributed by atoms with Crippen molar-refractivity contribution >= 4 is 52.3 Å². The number of likely N-dealkylation sites (tertiary alicyclic amines) is 1. The Kier molecular flexibility index (Phi) is 9.22. The number of likely N-dealkylation sites (N-methyl/N-ethyl adjacent to an activating group) is 1. The molecule has 0 aromatic carbocycles. The summed E-state index contributed by atoms with van der Waals surface area (Å²) in [6, 6.07) is -0.407. The summed E-state index contributed by atoms with van der Waals surface area (Å²) in [6.45, 7) is 11.4. The SMILES string of the molecule is C=CCOC(=O)C1=C(S[C@H]2C[C@@H](CC3(I)C=CC=CN3C)N(C(=O)OCC=C)C2)[C@H](C)[C@@H]2[C@@H]([C@@H](C)O)C(=O)N12. The zero-order valence-electron chi connectivity index (χ0n) is 22.5. The van der Waals surface area contributed by atoms with E-state index in [0.29, 0.717) is 19.4 Å². The molecule has 0 aromatic heterocycles. The number of aliphatic hydroxyl groups excluding tert-OH is 1. The van der Waals surface area contributed by atoms with Crippen molar-refractivity contribution in [2.75, 3.05) is 26.8 Å². The number of rotatable bonds is 10. The number of alkyl halides is 1. The number of halogens is 1. The number of amides is 2. The van der Waals surface area contributed by atoms with E-state index in [0.717, 1.165) is 4.91 Å². The molecule has 4 aliphatic heterocycles. The van der Waals surface area contributed by atoms with Crippen molar-refractivity contribution in [3.63, 3.8) is 0 Å². The molecule has 0 bridgehead atoms. The predicted octanol–water partition coefficient (Wildman–Crippen LogP) is 3.82. The molecule has 2 amide bonds. The molecule has 4 heterocycles. The molecular weight excluding hydrogens is 633 g/mol. The monoisotopic (exact) mass is 669 g/mol. The second-order valence-corrected chi connectivity index (χ2v) is 13.5. The molecule has 0 aromatic rings. The van der Waals surface area contributed by atoms with Gasteiger partial charge in [-0.15, -0.1) is 11.8 Å². The average Bonchev–Trinajstić information content (AvgIpc) is 3.39. The maximum absolute atomic E-state index is 13.1.